The van der Waals surface area contributed by atoms with Crippen LogP contribution in [0.3, 0.4) is 0 Å². The number of anilines is 1. The molecular weight excluding hydrogens is 460 g/mol. The van der Waals surface area contributed by atoms with Crippen molar-refractivity contribution in [1.82, 2.24) is 15.2 Å². The average molecular weight is 483 g/mol. The molecule has 5 rings (SSSR count). The topological polar surface area (TPSA) is 67.8 Å². The highest BCUT2D eigenvalue weighted by atomic mass is 32.2. The number of aromatic nitrogens is 3. The van der Waals surface area contributed by atoms with Crippen molar-refractivity contribution in [2.75, 3.05) is 11.1 Å². The van der Waals surface area contributed by atoms with Crippen molar-refractivity contribution in [3.8, 4) is 11.3 Å². The highest BCUT2D eigenvalue weighted by Gasteiger charge is 2.16. The van der Waals surface area contributed by atoms with Gasteiger partial charge in [-0.1, -0.05) is 102 Å². The Morgan fingerprint density at radius 2 is 1.62 bits per heavy atom. The summed E-state index contributed by atoms with van der Waals surface area (Å²) in [7, 11) is 0. The number of aryl methyl sites for hydroxylation is 1. The van der Waals surface area contributed by atoms with Crippen LogP contribution < -0.4 is 5.32 Å². The Labute approximate surface area is 206 Å². The number of thioether (sulfide) groups is 1. The van der Waals surface area contributed by atoms with E-state index in [9.17, 15) is 4.79 Å². The molecule has 7 heteroatoms. The van der Waals surface area contributed by atoms with Crippen LogP contribution in [-0.2, 0) is 6.42 Å². The molecule has 3 aromatic carbocycles. The van der Waals surface area contributed by atoms with E-state index in [-0.39, 0.29) is 5.91 Å². The summed E-state index contributed by atoms with van der Waals surface area (Å²) in [6.07, 6.45) is 2.09. The van der Waals surface area contributed by atoms with Crippen molar-refractivity contribution >= 4 is 45.0 Å². The van der Waals surface area contributed by atoms with Gasteiger partial charge in [-0.05, 0) is 30.5 Å². The Morgan fingerprint density at radius 3 is 2.44 bits per heavy atom. The first kappa shape index (κ1) is 22.3. The lowest BCUT2D eigenvalue weighted by Gasteiger charge is -2.09. The molecule has 1 amide bonds. The maximum Gasteiger partial charge on any atom is 0.258 e. The van der Waals surface area contributed by atoms with Gasteiger partial charge in [0, 0.05) is 16.7 Å². The third-order valence-electron chi connectivity index (χ3n) is 5.34. The van der Waals surface area contributed by atoms with Gasteiger partial charge in [0.25, 0.3) is 5.91 Å². The third kappa shape index (κ3) is 5.32. The van der Waals surface area contributed by atoms with E-state index in [0.29, 0.717) is 10.7 Å². The number of fused-ring (bicyclic) bond motifs is 1. The van der Waals surface area contributed by atoms with E-state index < -0.39 is 0 Å². The van der Waals surface area contributed by atoms with Crippen LogP contribution in [0.5, 0.6) is 0 Å². The Morgan fingerprint density at radius 1 is 0.882 bits per heavy atom. The zero-order valence-corrected chi connectivity index (χ0v) is 20.0. The van der Waals surface area contributed by atoms with E-state index >= 15 is 0 Å². The molecule has 0 aliphatic rings. The number of pyridine rings is 1. The molecule has 0 saturated carbocycles. The molecule has 0 fully saturated rings. The molecule has 0 aliphatic carbocycles. The summed E-state index contributed by atoms with van der Waals surface area (Å²) in [6, 6.07) is 29.9. The molecule has 34 heavy (non-hydrogen) atoms. The van der Waals surface area contributed by atoms with Crippen molar-refractivity contribution in [3.05, 3.63) is 102 Å². The van der Waals surface area contributed by atoms with Crippen molar-refractivity contribution in [3.63, 3.8) is 0 Å². The molecule has 0 radical (unpaired) electrons. The van der Waals surface area contributed by atoms with Crippen LogP contribution in [-0.4, -0.2) is 26.8 Å². The number of rotatable bonds is 8. The number of nitrogens with zero attached hydrogens (tertiary/aromatic N) is 3. The van der Waals surface area contributed by atoms with Gasteiger partial charge in [0.2, 0.25) is 5.13 Å². The largest absolute Gasteiger partial charge is 0.296 e. The van der Waals surface area contributed by atoms with Crippen LogP contribution in [0.25, 0.3) is 22.2 Å². The second kappa shape index (κ2) is 10.6. The fraction of sp³-hybridized carbons (Fsp3) is 0.111. The average Bonchev–Trinajstić information content (AvgIpc) is 3.34. The second-order valence-electron chi connectivity index (χ2n) is 7.70. The first-order chi connectivity index (χ1) is 16.8. The van der Waals surface area contributed by atoms with Crippen LogP contribution in [0.15, 0.2) is 95.3 Å². The summed E-state index contributed by atoms with van der Waals surface area (Å²) in [5.41, 5.74) is 4.41. The molecule has 0 bridgehead atoms. The smallest absolute Gasteiger partial charge is 0.258 e. The van der Waals surface area contributed by atoms with Crippen LogP contribution in [0.2, 0.25) is 0 Å². The number of amides is 1. The Bertz CT molecular complexity index is 1400. The highest BCUT2D eigenvalue weighted by Crippen LogP contribution is 2.29. The molecule has 5 nitrogen and oxygen atoms in total. The minimum Gasteiger partial charge on any atom is -0.296 e. The molecule has 0 aliphatic heterocycles. The maximum atomic E-state index is 13.2. The van der Waals surface area contributed by atoms with Crippen molar-refractivity contribution < 1.29 is 4.79 Å². The lowest BCUT2D eigenvalue weighted by atomic mass is 10.0. The lowest BCUT2D eigenvalue weighted by Crippen LogP contribution is -2.13. The van der Waals surface area contributed by atoms with Gasteiger partial charge in [0.05, 0.1) is 16.8 Å². The van der Waals surface area contributed by atoms with E-state index in [1.165, 1.54) is 16.9 Å². The van der Waals surface area contributed by atoms with Crippen molar-refractivity contribution in [2.24, 2.45) is 0 Å². The van der Waals surface area contributed by atoms with Crippen LogP contribution in [0.1, 0.15) is 22.3 Å². The fourth-order valence-corrected chi connectivity index (χ4v) is 5.44. The maximum absolute atomic E-state index is 13.2. The standard InChI is InChI=1S/C27H22N4OS2/c32-25(29-26-30-31-27(34-26)33-17-9-12-19-10-3-1-4-11-19)22-18-24(20-13-5-2-6-14-20)28-23-16-8-7-15-21(22)23/h1-8,10-11,13-16,18H,9,12,17H2,(H,29,30,32). The zero-order valence-electron chi connectivity index (χ0n) is 18.3. The molecule has 2 aromatic heterocycles. The van der Waals surface area contributed by atoms with E-state index in [2.05, 4.69) is 39.8 Å². The summed E-state index contributed by atoms with van der Waals surface area (Å²) in [5.74, 6) is 0.736. The molecule has 5 aromatic rings. The summed E-state index contributed by atoms with van der Waals surface area (Å²) >= 11 is 3.07. The van der Waals surface area contributed by atoms with Crippen LogP contribution >= 0.6 is 23.1 Å². The number of carbonyl (C=O) groups is 1. The molecular formula is C27H22N4OS2. The number of benzene rings is 3. The summed E-state index contributed by atoms with van der Waals surface area (Å²) in [5, 5.41) is 12.7. The number of carbonyl (C=O) groups excluding carboxylic acids is 1. The number of hydrogen-bond donors (Lipinski definition) is 1. The van der Waals surface area contributed by atoms with E-state index in [0.717, 1.165) is 45.1 Å². The predicted molar refractivity (Wildman–Crippen MR) is 141 cm³/mol. The quantitative estimate of drug-likeness (QED) is 0.151. The first-order valence-corrected chi connectivity index (χ1v) is 12.8. The van der Waals surface area contributed by atoms with E-state index in [1.54, 1.807) is 11.8 Å². The SMILES string of the molecule is O=C(Nc1nnc(SCCCc2ccccc2)s1)c1cc(-c2ccccc2)nc2ccccc12. The van der Waals surface area contributed by atoms with Crippen LogP contribution in [0.4, 0.5) is 5.13 Å². The van der Waals surface area contributed by atoms with Gasteiger partial charge < -0.3 is 0 Å². The molecule has 2 heterocycles. The summed E-state index contributed by atoms with van der Waals surface area (Å²) < 4.78 is 0.855. The van der Waals surface area contributed by atoms with Gasteiger partial charge in [-0.15, -0.1) is 10.2 Å². The molecule has 0 unspecified atom stereocenters. The zero-order chi connectivity index (χ0) is 23.2. The van der Waals surface area contributed by atoms with Crippen LogP contribution in [0, 0.1) is 0 Å². The Kier molecular flexibility index (Phi) is 6.93. The predicted octanol–water partition coefficient (Wildman–Crippen LogP) is 6.73. The Hall–Kier alpha value is -3.55. The first-order valence-electron chi connectivity index (χ1n) is 11.0. The molecule has 1 N–H and O–H groups in total. The lowest BCUT2D eigenvalue weighted by molar-refractivity contribution is 0.102. The highest BCUT2D eigenvalue weighted by molar-refractivity contribution is 8.01. The third-order valence-corrected chi connectivity index (χ3v) is 7.39. The normalized spacial score (nSPS) is 10.9. The minimum atomic E-state index is -0.215. The molecule has 0 atom stereocenters. The summed E-state index contributed by atoms with van der Waals surface area (Å²) in [4.78, 5) is 18.0. The minimum absolute atomic E-state index is 0.215. The van der Waals surface area contributed by atoms with Gasteiger partial charge in [-0.3, -0.25) is 10.1 Å². The number of nitrogens with one attached hydrogen (secondary N) is 1. The monoisotopic (exact) mass is 482 g/mol. The van der Waals surface area contributed by atoms with Crippen molar-refractivity contribution in [1.29, 1.82) is 0 Å². The number of hydrogen-bond acceptors (Lipinski definition) is 6. The fourth-order valence-electron chi connectivity index (χ4n) is 3.68. The molecule has 168 valence electrons. The van der Waals surface area contributed by atoms with Gasteiger partial charge in [0.1, 0.15) is 0 Å². The van der Waals surface area contributed by atoms with Gasteiger partial charge in [0.15, 0.2) is 4.34 Å². The Balaban J connectivity index is 1.28. The second-order valence-corrected chi connectivity index (χ2v) is 10.0. The van der Waals surface area contributed by atoms with Gasteiger partial charge in [-0.25, -0.2) is 4.98 Å². The molecule has 0 saturated heterocycles. The van der Waals surface area contributed by atoms with E-state index in [1.807, 2.05) is 66.7 Å². The van der Waals surface area contributed by atoms with Gasteiger partial charge in [-0.2, -0.15) is 0 Å². The number of para-hydroxylation sites is 1. The molecule has 0 spiro atoms. The summed E-state index contributed by atoms with van der Waals surface area (Å²) in [6.45, 7) is 0. The van der Waals surface area contributed by atoms with E-state index in [4.69, 9.17) is 4.98 Å². The van der Waals surface area contributed by atoms with Gasteiger partial charge >= 0.3 is 0 Å². The van der Waals surface area contributed by atoms with Crippen molar-refractivity contribution in [2.45, 2.75) is 17.2 Å².